The molecule has 1 aromatic carbocycles. The number of aromatic amines is 1. The van der Waals surface area contributed by atoms with Gasteiger partial charge in [-0.2, -0.15) is 4.98 Å². The van der Waals surface area contributed by atoms with Gasteiger partial charge in [-0.15, -0.1) is 0 Å². The van der Waals surface area contributed by atoms with Crippen LogP contribution in [0.4, 0.5) is 0 Å². The molecule has 29 heavy (non-hydrogen) atoms. The Bertz CT molecular complexity index is 999. The third kappa shape index (κ3) is 4.32. The Morgan fingerprint density at radius 1 is 1.28 bits per heavy atom. The van der Waals surface area contributed by atoms with Crippen molar-refractivity contribution >= 4 is 11.9 Å². The zero-order valence-corrected chi connectivity index (χ0v) is 15.4. The molecule has 0 aliphatic carbocycles. The predicted molar refractivity (Wildman–Crippen MR) is 97.6 cm³/mol. The number of ether oxygens (including phenoxy) is 1. The Kier molecular flexibility index (Phi) is 5.34. The second-order valence-electron chi connectivity index (χ2n) is 6.67. The van der Waals surface area contributed by atoms with Crippen molar-refractivity contribution < 1.29 is 24.0 Å². The number of amides is 1. The van der Waals surface area contributed by atoms with Gasteiger partial charge in [0, 0.05) is 12.8 Å². The second kappa shape index (κ2) is 8.23. The number of carbonyl (C=O) groups excluding carboxylic acids is 1. The first kappa shape index (κ1) is 18.8. The normalized spacial score (nSPS) is 15.9. The van der Waals surface area contributed by atoms with Crippen LogP contribution in [0, 0.1) is 0 Å². The molecule has 3 heterocycles. The van der Waals surface area contributed by atoms with Gasteiger partial charge in [0.05, 0.1) is 24.3 Å². The maximum atomic E-state index is 12.7. The standard InChI is InChI=1S/C19H19N5O5/c25-17(9-28-10-18(26)27)24-8-14-13(20-11-21-14)7-15(24)19-22-16(23-29-19)6-12-4-2-1-3-5-12/h1-5,11,15H,6-10H2,(H,20,21)(H,26,27). The number of aliphatic carboxylic acids is 1. The maximum absolute atomic E-state index is 12.7. The number of carbonyl (C=O) groups is 2. The highest BCUT2D eigenvalue weighted by Crippen LogP contribution is 2.31. The molecule has 1 aliphatic rings. The number of benzene rings is 1. The van der Waals surface area contributed by atoms with Gasteiger partial charge in [0.1, 0.15) is 19.3 Å². The van der Waals surface area contributed by atoms with Gasteiger partial charge in [-0.3, -0.25) is 4.79 Å². The van der Waals surface area contributed by atoms with Crippen LogP contribution in [-0.2, 0) is 33.7 Å². The second-order valence-corrected chi connectivity index (χ2v) is 6.67. The molecule has 0 bridgehead atoms. The lowest BCUT2D eigenvalue weighted by Gasteiger charge is -2.32. The van der Waals surface area contributed by atoms with Crippen LogP contribution in [-0.4, -0.2) is 55.2 Å². The summed E-state index contributed by atoms with van der Waals surface area (Å²) in [5, 5.41) is 12.7. The summed E-state index contributed by atoms with van der Waals surface area (Å²) in [6.45, 7) is -0.621. The van der Waals surface area contributed by atoms with E-state index in [0.717, 1.165) is 17.0 Å². The highest BCUT2D eigenvalue weighted by atomic mass is 16.5. The van der Waals surface area contributed by atoms with Gasteiger partial charge in [0.15, 0.2) is 5.82 Å². The SMILES string of the molecule is O=C(O)COCC(=O)N1Cc2[nH]cnc2CC1c1nc(Cc2ccccc2)no1. The highest BCUT2D eigenvalue weighted by molar-refractivity contribution is 5.78. The van der Waals surface area contributed by atoms with E-state index in [1.807, 2.05) is 30.3 Å². The fourth-order valence-corrected chi connectivity index (χ4v) is 3.28. The first-order valence-corrected chi connectivity index (χ1v) is 9.06. The molecule has 0 saturated carbocycles. The van der Waals surface area contributed by atoms with E-state index in [-0.39, 0.29) is 19.1 Å². The summed E-state index contributed by atoms with van der Waals surface area (Å²) < 4.78 is 10.4. The molecular formula is C19H19N5O5. The average Bonchev–Trinajstić information content (AvgIpc) is 3.36. The number of hydrogen-bond donors (Lipinski definition) is 2. The van der Waals surface area contributed by atoms with E-state index in [2.05, 4.69) is 20.1 Å². The highest BCUT2D eigenvalue weighted by Gasteiger charge is 2.36. The van der Waals surface area contributed by atoms with Gasteiger partial charge in [-0.1, -0.05) is 35.5 Å². The van der Waals surface area contributed by atoms with Crippen LogP contribution >= 0.6 is 0 Å². The van der Waals surface area contributed by atoms with E-state index >= 15 is 0 Å². The van der Waals surface area contributed by atoms with Crippen LogP contribution in [0.3, 0.4) is 0 Å². The van der Waals surface area contributed by atoms with Crippen molar-refractivity contribution in [3.05, 3.63) is 65.3 Å². The first-order valence-electron chi connectivity index (χ1n) is 9.06. The smallest absolute Gasteiger partial charge is 0.329 e. The minimum atomic E-state index is -1.13. The maximum Gasteiger partial charge on any atom is 0.329 e. The molecule has 0 saturated heterocycles. The fraction of sp³-hybridized carbons (Fsp3) is 0.316. The van der Waals surface area contributed by atoms with E-state index in [1.54, 1.807) is 11.2 Å². The lowest BCUT2D eigenvalue weighted by atomic mass is 10.0. The molecule has 1 atom stereocenters. The van der Waals surface area contributed by atoms with Crippen LogP contribution in [0.5, 0.6) is 0 Å². The lowest BCUT2D eigenvalue weighted by molar-refractivity contribution is -0.147. The van der Waals surface area contributed by atoms with Gasteiger partial charge in [-0.05, 0) is 5.56 Å². The number of imidazole rings is 1. The van der Waals surface area contributed by atoms with Crippen LogP contribution in [0.15, 0.2) is 41.2 Å². The number of carboxylic acid groups (broad SMARTS) is 1. The van der Waals surface area contributed by atoms with E-state index in [0.29, 0.717) is 24.6 Å². The van der Waals surface area contributed by atoms with Crippen LogP contribution in [0.2, 0.25) is 0 Å². The van der Waals surface area contributed by atoms with Crippen molar-refractivity contribution in [2.45, 2.75) is 25.4 Å². The minimum absolute atomic E-state index is 0.270. The van der Waals surface area contributed by atoms with Crippen molar-refractivity contribution in [2.24, 2.45) is 0 Å². The van der Waals surface area contributed by atoms with Crippen LogP contribution < -0.4 is 0 Å². The number of H-pyrrole nitrogens is 1. The number of nitrogens with one attached hydrogen (secondary N) is 1. The summed E-state index contributed by atoms with van der Waals surface area (Å²) in [4.78, 5) is 36.6. The molecule has 1 amide bonds. The number of hydrogen-bond acceptors (Lipinski definition) is 7. The molecular weight excluding hydrogens is 378 g/mol. The van der Waals surface area contributed by atoms with Gasteiger partial charge in [-0.25, -0.2) is 9.78 Å². The van der Waals surface area contributed by atoms with Gasteiger partial charge in [0.2, 0.25) is 11.8 Å². The molecule has 10 nitrogen and oxygen atoms in total. The lowest BCUT2D eigenvalue weighted by Crippen LogP contribution is -2.41. The number of aromatic nitrogens is 4. The molecule has 2 N–H and O–H groups in total. The van der Waals surface area contributed by atoms with E-state index < -0.39 is 18.6 Å². The van der Waals surface area contributed by atoms with Gasteiger partial charge >= 0.3 is 5.97 Å². The quantitative estimate of drug-likeness (QED) is 0.605. The Balaban J connectivity index is 1.53. The summed E-state index contributed by atoms with van der Waals surface area (Å²) in [5.74, 6) is -0.657. The summed E-state index contributed by atoms with van der Waals surface area (Å²) in [6.07, 6.45) is 2.50. The Hall–Kier alpha value is -3.53. The van der Waals surface area contributed by atoms with Crippen molar-refractivity contribution in [3.63, 3.8) is 0 Å². The summed E-state index contributed by atoms with van der Waals surface area (Å²) >= 11 is 0. The predicted octanol–water partition coefficient (Wildman–Crippen LogP) is 1.11. The Labute approximate surface area is 165 Å². The molecule has 3 aromatic rings. The molecule has 0 spiro atoms. The topological polar surface area (TPSA) is 134 Å². The van der Waals surface area contributed by atoms with Gasteiger partial charge in [0.25, 0.3) is 0 Å². The van der Waals surface area contributed by atoms with Crippen molar-refractivity contribution in [3.8, 4) is 0 Å². The molecule has 150 valence electrons. The van der Waals surface area contributed by atoms with Crippen LogP contribution in [0.25, 0.3) is 0 Å². The summed E-state index contributed by atoms with van der Waals surface area (Å²) in [7, 11) is 0. The number of rotatable bonds is 7. The molecule has 1 unspecified atom stereocenters. The molecule has 0 fully saturated rings. The van der Waals surface area contributed by atoms with Crippen molar-refractivity contribution in [1.82, 2.24) is 25.0 Å². The molecule has 1 aliphatic heterocycles. The zero-order chi connectivity index (χ0) is 20.2. The zero-order valence-electron chi connectivity index (χ0n) is 15.4. The minimum Gasteiger partial charge on any atom is -0.480 e. The summed E-state index contributed by atoms with van der Waals surface area (Å²) in [5.41, 5.74) is 2.69. The third-order valence-corrected chi connectivity index (χ3v) is 4.64. The third-order valence-electron chi connectivity index (χ3n) is 4.64. The molecule has 0 radical (unpaired) electrons. The number of nitrogens with zero attached hydrogens (tertiary/aromatic N) is 4. The number of fused-ring (bicyclic) bond motifs is 1. The largest absolute Gasteiger partial charge is 0.480 e. The van der Waals surface area contributed by atoms with E-state index in [4.69, 9.17) is 14.4 Å². The van der Waals surface area contributed by atoms with Gasteiger partial charge < -0.3 is 24.3 Å². The average molecular weight is 397 g/mol. The first-order chi connectivity index (χ1) is 14.1. The van der Waals surface area contributed by atoms with E-state index in [9.17, 15) is 9.59 Å². The van der Waals surface area contributed by atoms with Crippen LogP contribution in [0.1, 0.15) is 34.7 Å². The van der Waals surface area contributed by atoms with E-state index in [1.165, 1.54) is 0 Å². The fourth-order valence-electron chi connectivity index (χ4n) is 3.28. The Morgan fingerprint density at radius 3 is 2.90 bits per heavy atom. The summed E-state index contributed by atoms with van der Waals surface area (Å²) in [6, 6.07) is 9.26. The molecule has 10 heteroatoms. The monoisotopic (exact) mass is 397 g/mol. The molecule has 4 rings (SSSR count). The van der Waals surface area contributed by atoms with Crippen molar-refractivity contribution in [1.29, 1.82) is 0 Å². The Morgan fingerprint density at radius 2 is 2.10 bits per heavy atom. The van der Waals surface area contributed by atoms with Crippen molar-refractivity contribution in [2.75, 3.05) is 13.2 Å². The number of carboxylic acids is 1. The molecule has 2 aromatic heterocycles.